The van der Waals surface area contributed by atoms with Crippen molar-refractivity contribution in [3.63, 3.8) is 0 Å². The number of carbonyl (C=O) groups excluding carboxylic acids is 2. The summed E-state index contributed by atoms with van der Waals surface area (Å²) in [5.41, 5.74) is 4.50. The highest BCUT2D eigenvalue weighted by atomic mass is 19.1. The number of primary amides is 1. The molecule has 2 amide bonds. The summed E-state index contributed by atoms with van der Waals surface area (Å²) < 4.78 is 28.1. The number of benzene rings is 1. The molecule has 1 saturated heterocycles. The highest BCUT2D eigenvalue weighted by Gasteiger charge is 2.61. The largest absolute Gasteiger partial charge is 0.368 e. The number of halogens is 2. The molecule has 1 aromatic rings. The quantitative estimate of drug-likeness (QED) is 0.911. The molecule has 1 aliphatic heterocycles. The van der Waals surface area contributed by atoms with Gasteiger partial charge in [0.15, 0.2) is 0 Å². The monoisotopic (exact) mass is 308 g/mol. The molecule has 2 fully saturated rings. The SMILES string of the molecule is NC(=O)C1C(F)C2(CCCCC2)C(=O)N1c1ccc(F)cc1. The number of alkyl halides is 1. The van der Waals surface area contributed by atoms with Crippen LogP contribution >= 0.6 is 0 Å². The summed E-state index contributed by atoms with van der Waals surface area (Å²) in [4.78, 5) is 25.7. The van der Waals surface area contributed by atoms with Crippen LogP contribution in [0.1, 0.15) is 32.1 Å². The van der Waals surface area contributed by atoms with Crippen molar-refractivity contribution >= 4 is 17.5 Å². The third-order valence-corrected chi connectivity index (χ3v) is 4.87. The Balaban J connectivity index is 2.05. The van der Waals surface area contributed by atoms with Gasteiger partial charge in [0, 0.05) is 5.69 Å². The Morgan fingerprint density at radius 3 is 2.32 bits per heavy atom. The van der Waals surface area contributed by atoms with Crippen LogP contribution in [0.5, 0.6) is 0 Å². The maximum absolute atomic E-state index is 15.0. The molecule has 0 radical (unpaired) electrons. The Hall–Kier alpha value is -1.98. The van der Waals surface area contributed by atoms with Crippen molar-refractivity contribution in [3.8, 4) is 0 Å². The molecule has 2 N–H and O–H groups in total. The van der Waals surface area contributed by atoms with Gasteiger partial charge >= 0.3 is 0 Å². The lowest BCUT2D eigenvalue weighted by molar-refractivity contribution is -0.129. The van der Waals surface area contributed by atoms with E-state index in [0.29, 0.717) is 18.5 Å². The average molecular weight is 308 g/mol. The van der Waals surface area contributed by atoms with Crippen LogP contribution in [0.2, 0.25) is 0 Å². The van der Waals surface area contributed by atoms with Crippen LogP contribution in [-0.2, 0) is 9.59 Å². The molecule has 2 aliphatic rings. The molecule has 1 spiro atoms. The van der Waals surface area contributed by atoms with Gasteiger partial charge in [-0.2, -0.15) is 0 Å². The van der Waals surface area contributed by atoms with Crippen molar-refractivity contribution < 1.29 is 18.4 Å². The van der Waals surface area contributed by atoms with E-state index in [1.807, 2.05) is 0 Å². The molecular weight excluding hydrogens is 290 g/mol. The number of amides is 2. The predicted octanol–water partition coefficient (Wildman–Crippen LogP) is 2.31. The van der Waals surface area contributed by atoms with Crippen molar-refractivity contribution in [2.45, 2.75) is 44.3 Å². The molecule has 0 aromatic heterocycles. The van der Waals surface area contributed by atoms with E-state index < -0.39 is 35.3 Å². The summed E-state index contributed by atoms with van der Waals surface area (Å²) in [6.45, 7) is 0. The first-order valence-electron chi connectivity index (χ1n) is 7.50. The lowest BCUT2D eigenvalue weighted by atomic mass is 9.71. The van der Waals surface area contributed by atoms with Crippen LogP contribution in [0.4, 0.5) is 14.5 Å². The Bertz CT molecular complexity index is 597. The topological polar surface area (TPSA) is 63.4 Å². The van der Waals surface area contributed by atoms with Crippen LogP contribution in [0.3, 0.4) is 0 Å². The summed E-state index contributed by atoms with van der Waals surface area (Å²) in [7, 11) is 0. The smallest absolute Gasteiger partial charge is 0.243 e. The standard InChI is InChI=1S/C16H18F2N2O2/c17-10-4-6-11(7-5-10)20-12(14(19)21)13(18)16(15(20)22)8-2-1-3-9-16/h4-7,12-13H,1-3,8-9H2,(H2,19,21). The fourth-order valence-electron chi connectivity index (χ4n) is 3.74. The van der Waals surface area contributed by atoms with Crippen LogP contribution in [0.25, 0.3) is 0 Å². The molecule has 4 nitrogen and oxygen atoms in total. The molecule has 1 heterocycles. The van der Waals surface area contributed by atoms with Crippen molar-refractivity contribution in [2.24, 2.45) is 11.1 Å². The van der Waals surface area contributed by atoms with Crippen molar-refractivity contribution in [1.82, 2.24) is 0 Å². The zero-order chi connectivity index (χ0) is 15.9. The van der Waals surface area contributed by atoms with Crippen molar-refractivity contribution in [3.05, 3.63) is 30.1 Å². The Morgan fingerprint density at radius 2 is 1.77 bits per heavy atom. The minimum Gasteiger partial charge on any atom is -0.368 e. The zero-order valence-electron chi connectivity index (χ0n) is 12.1. The second kappa shape index (κ2) is 5.34. The zero-order valence-corrected chi connectivity index (χ0v) is 12.1. The highest BCUT2D eigenvalue weighted by molar-refractivity contribution is 6.07. The van der Waals surface area contributed by atoms with Gasteiger partial charge in [-0.25, -0.2) is 8.78 Å². The fraction of sp³-hybridized carbons (Fsp3) is 0.500. The van der Waals surface area contributed by atoms with E-state index in [0.717, 1.165) is 24.2 Å². The number of nitrogens with zero attached hydrogens (tertiary/aromatic N) is 1. The summed E-state index contributed by atoms with van der Waals surface area (Å²) in [6, 6.07) is 3.78. The first-order chi connectivity index (χ1) is 10.5. The van der Waals surface area contributed by atoms with Gasteiger partial charge in [0.05, 0.1) is 5.41 Å². The number of carbonyl (C=O) groups is 2. The minimum absolute atomic E-state index is 0.306. The summed E-state index contributed by atoms with van der Waals surface area (Å²) in [5, 5.41) is 0. The van der Waals surface area contributed by atoms with E-state index in [1.165, 1.54) is 24.3 Å². The maximum Gasteiger partial charge on any atom is 0.243 e. The number of nitrogens with two attached hydrogens (primary N) is 1. The second-order valence-electron chi connectivity index (χ2n) is 6.12. The molecule has 118 valence electrons. The third-order valence-electron chi connectivity index (χ3n) is 4.87. The normalized spacial score (nSPS) is 27.4. The molecule has 2 unspecified atom stereocenters. The maximum atomic E-state index is 15.0. The van der Waals surface area contributed by atoms with E-state index in [4.69, 9.17) is 5.73 Å². The van der Waals surface area contributed by atoms with E-state index in [-0.39, 0.29) is 0 Å². The van der Waals surface area contributed by atoms with Crippen LogP contribution < -0.4 is 10.6 Å². The van der Waals surface area contributed by atoms with Gasteiger partial charge in [0.1, 0.15) is 18.0 Å². The Labute approximate surface area is 127 Å². The van der Waals surface area contributed by atoms with E-state index in [9.17, 15) is 14.0 Å². The summed E-state index contributed by atoms with van der Waals surface area (Å²) in [6.07, 6.45) is 1.70. The molecule has 22 heavy (non-hydrogen) atoms. The van der Waals surface area contributed by atoms with Gasteiger partial charge in [-0.15, -0.1) is 0 Å². The fourth-order valence-corrected chi connectivity index (χ4v) is 3.74. The number of hydrogen-bond donors (Lipinski definition) is 1. The Kier molecular flexibility index (Phi) is 3.62. The van der Waals surface area contributed by atoms with Gasteiger partial charge in [-0.1, -0.05) is 19.3 Å². The highest BCUT2D eigenvalue weighted by Crippen LogP contribution is 2.50. The third kappa shape index (κ3) is 2.09. The summed E-state index contributed by atoms with van der Waals surface area (Å²) in [5.74, 6) is -1.74. The first-order valence-corrected chi connectivity index (χ1v) is 7.50. The van der Waals surface area contributed by atoms with Crippen LogP contribution in [0.15, 0.2) is 24.3 Å². The van der Waals surface area contributed by atoms with Gasteiger partial charge in [0.25, 0.3) is 0 Å². The van der Waals surface area contributed by atoms with Crippen molar-refractivity contribution in [1.29, 1.82) is 0 Å². The molecule has 3 rings (SSSR count). The van der Waals surface area contributed by atoms with Gasteiger partial charge in [0.2, 0.25) is 11.8 Å². The molecule has 1 saturated carbocycles. The molecule has 2 atom stereocenters. The molecular formula is C16H18F2N2O2. The van der Waals surface area contributed by atoms with Crippen LogP contribution in [-0.4, -0.2) is 24.0 Å². The van der Waals surface area contributed by atoms with E-state index in [2.05, 4.69) is 0 Å². The van der Waals surface area contributed by atoms with E-state index in [1.54, 1.807) is 0 Å². The summed E-state index contributed by atoms with van der Waals surface area (Å²) >= 11 is 0. The van der Waals surface area contributed by atoms with Crippen LogP contribution in [0, 0.1) is 11.2 Å². The molecule has 0 bridgehead atoms. The van der Waals surface area contributed by atoms with Gasteiger partial charge < -0.3 is 5.73 Å². The lowest BCUT2D eigenvalue weighted by Crippen LogP contribution is -2.46. The number of rotatable bonds is 2. The molecule has 6 heteroatoms. The lowest BCUT2D eigenvalue weighted by Gasteiger charge is -2.32. The van der Waals surface area contributed by atoms with Crippen molar-refractivity contribution in [2.75, 3.05) is 4.90 Å². The van der Waals surface area contributed by atoms with E-state index >= 15 is 4.39 Å². The first kappa shape index (κ1) is 14.9. The second-order valence-corrected chi connectivity index (χ2v) is 6.12. The molecule has 1 aliphatic carbocycles. The number of anilines is 1. The minimum atomic E-state index is -1.62. The molecule has 1 aromatic carbocycles. The van der Waals surface area contributed by atoms with Gasteiger partial charge in [-0.3, -0.25) is 14.5 Å². The van der Waals surface area contributed by atoms with Gasteiger partial charge in [-0.05, 0) is 37.1 Å². The number of hydrogen-bond acceptors (Lipinski definition) is 2. The Morgan fingerprint density at radius 1 is 1.18 bits per heavy atom. The average Bonchev–Trinajstić information content (AvgIpc) is 2.71. The predicted molar refractivity (Wildman–Crippen MR) is 77.3 cm³/mol.